The Bertz CT molecular complexity index is 1180. The number of halogens is 3. The SMILES string of the molecule is O=C(Cn1cnc2ccccc21)Nc1cccc(-c2cc(C(F)(F)F)ccn2)c1. The Balaban J connectivity index is 1.53. The number of alkyl halides is 3. The van der Waals surface area contributed by atoms with Crippen molar-refractivity contribution in [1.29, 1.82) is 0 Å². The minimum Gasteiger partial charge on any atom is -0.325 e. The van der Waals surface area contributed by atoms with Gasteiger partial charge in [-0.2, -0.15) is 13.2 Å². The number of carbonyl (C=O) groups is 1. The third-order valence-electron chi connectivity index (χ3n) is 4.37. The number of pyridine rings is 1. The number of nitrogens with one attached hydrogen (secondary N) is 1. The van der Waals surface area contributed by atoms with E-state index < -0.39 is 11.7 Å². The predicted molar refractivity (Wildman–Crippen MR) is 103 cm³/mol. The van der Waals surface area contributed by atoms with Crippen molar-refractivity contribution in [3.05, 3.63) is 78.8 Å². The molecule has 4 rings (SSSR count). The van der Waals surface area contributed by atoms with Gasteiger partial charge < -0.3 is 9.88 Å². The third kappa shape index (κ3) is 4.11. The number of aromatic nitrogens is 3. The fourth-order valence-corrected chi connectivity index (χ4v) is 3.01. The van der Waals surface area contributed by atoms with Crippen molar-refractivity contribution in [3.8, 4) is 11.3 Å². The molecule has 0 aliphatic carbocycles. The second kappa shape index (κ2) is 7.38. The summed E-state index contributed by atoms with van der Waals surface area (Å²) in [6, 6.07) is 15.9. The van der Waals surface area contributed by atoms with Gasteiger partial charge in [-0.3, -0.25) is 9.78 Å². The number of carbonyl (C=O) groups excluding carboxylic acids is 1. The number of fused-ring (bicyclic) bond motifs is 1. The van der Waals surface area contributed by atoms with Crippen molar-refractivity contribution < 1.29 is 18.0 Å². The predicted octanol–water partition coefficient (Wildman–Crippen LogP) is 4.76. The molecule has 0 radical (unpaired) electrons. The van der Waals surface area contributed by atoms with Crippen LogP contribution in [0.4, 0.5) is 18.9 Å². The van der Waals surface area contributed by atoms with Crippen LogP contribution in [0.3, 0.4) is 0 Å². The lowest BCUT2D eigenvalue weighted by molar-refractivity contribution is -0.137. The van der Waals surface area contributed by atoms with Crippen LogP contribution in [-0.4, -0.2) is 20.4 Å². The molecule has 0 aliphatic rings. The molecule has 0 spiro atoms. The molecule has 0 fully saturated rings. The smallest absolute Gasteiger partial charge is 0.325 e. The Morgan fingerprint density at radius 2 is 1.83 bits per heavy atom. The van der Waals surface area contributed by atoms with Crippen LogP contribution in [0, 0.1) is 0 Å². The van der Waals surface area contributed by atoms with E-state index in [-0.39, 0.29) is 18.1 Å². The summed E-state index contributed by atoms with van der Waals surface area (Å²) in [4.78, 5) is 20.7. The van der Waals surface area contributed by atoms with Gasteiger partial charge in [-0.25, -0.2) is 4.98 Å². The summed E-state index contributed by atoms with van der Waals surface area (Å²) in [5.74, 6) is -0.276. The van der Waals surface area contributed by atoms with Gasteiger partial charge in [0.1, 0.15) is 6.54 Å². The number of hydrogen-bond donors (Lipinski definition) is 1. The first-order valence-corrected chi connectivity index (χ1v) is 8.73. The number of amides is 1. The molecule has 2 aromatic heterocycles. The summed E-state index contributed by atoms with van der Waals surface area (Å²) in [6.07, 6.45) is -1.74. The van der Waals surface area contributed by atoms with Crippen LogP contribution in [0.5, 0.6) is 0 Å². The minimum absolute atomic E-state index is 0.0621. The molecule has 0 saturated heterocycles. The highest BCUT2D eigenvalue weighted by molar-refractivity contribution is 5.92. The van der Waals surface area contributed by atoms with Gasteiger partial charge >= 0.3 is 6.18 Å². The van der Waals surface area contributed by atoms with Crippen LogP contribution in [0.2, 0.25) is 0 Å². The minimum atomic E-state index is -4.45. The summed E-state index contributed by atoms with van der Waals surface area (Å²) in [5.41, 5.74) is 1.97. The molecule has 0 aliphatic heterocycles. The first kappa shape index (κ1) is 18.7. The molecule has 1 amide bonds. The van der Waals surface area contributed by atoms with Gasteiger partial charge in [0, 0.05) is 17.4 Å². The van der Waals surface area contributed by atoms with Gasteiger partial charge in [-0.1, -0.05) is 24.3 Å². The van der Waals surface area contributed by atoms with Crippen LogP contribution >= 0.6 is 0 Å². The van der Waals surface area contributed by atoms with E-state index in [1.807, 2.05) is 24.3 Å². The maximum Gasteiger partial charge on any atom is 0.416 e. The number of rotatable bonds is 4. The van der Waals surface area contributed by atoms with Crippen molar-refractivity contribution in [3.63, 3.8) is 0 Å². The summed E-state index contributed by atoms with van der Waals surface area (Å²) in [6.45, 7) is 0.0621. The standard InChI is InChI=1S/C21H15F3N4O/c22-21(23,24)15-8-9-25-18(11-15)14-4-3-5-16(10-14)27-20(29)12-28-13-26-17-6-1-2-7-19(17)28/h1-11,13H,12H2,(H,27,29). The maximum atomic E-state index is 12.9. The number of imidazole rings is 1. The zero-order chi connectivity index (χ0) is 20.4. The van der Waals surface area contributed by atoms with E-state index in [1.165, 1.54) is 0 Å². The average molecular weight is 396 g/mol. The van der Waals surface area contributed by atoms with Gasteiger partial charge in [0.25, 0.3) is 0 Å². The lowest BCUT2D eigenvalue weighted by Gasteiger charge is -2.10. The zero-order valence-electron chi connectivity index (χ0n) is 15.0. The second-order valence-electron chi connectivity index (χ2n) is 6.42. The van der Waals surface area contributed by atoms with Crippen LogP contribution in [0.25, 0.3) is 22.3 Å². The van der Waals surface area contributed by atoms with Crippen molar-refractivity contribution in [1.82, 2.24) is 14.5 Å². The Labute approximate surface area is 163 Å². The molecular formula is C21H15F3N4O. The van der Waals surface area contributed by atoms with E-state index in [2.05, 4.69) is 15.3 Å². The Morgan fingerprint density at radius 3 is 2.66 bits per heavy atom. The highest BCUT2D eigenvalue weighted by atomic mass is 19.4. The fraction of sp³-hybridized carbons (Fsp3) is 0.0952. The first-order chi connectivity index (χ1) is 13.9. The highest BCUT2D eigenvalue weighted by Gasteiger charge is 2.30. The second-order valence-corrected chi connectivity index (χ2v) is 6.42. The van der Waals surface area contributed by atoms with Gasteiger partial charge in [0.05, 0.1) is 28.6 Å². The summed E-state index contributed by atoms with van der Waals surface area (Å²) < 4.78 is 40.5. The quantitative estimate of drug-likeness (QED) is 0.541. The number of para-hydroxylation sites is 2. The molecule has 146 valence electrons. The molecule has 29 heavy (non-hydrogen) atoms. The van der Waals surface area contributed by atoms with Crippen molar-refractivity contribution in [2.45, 2.75) is 12.7 Å². The van der Waals surface area contributed by atoms with Gasteiger partial charge in [-0.15, -0.1) is 0 Å². The number of hydrogen-bond acceptors (Lipinski definition) is 3. The van der Waals surface area contributed by atoms with E-state index in [1.54, 1.807) is 35.2 Å². The van der Waals surface area contributed by atoms with E-state index in [0.29, 0.717) is 11.3 Å². The molecule has 1 N–H and O–H groups in total. The number of anilines is 1. The lowest BCUT2D eigenvalue weighted by Crippen LogP contribution is -2.18. The van der Waals surface area contributed by atoms with E-state index in [0.717, 1.165) is 29.4 Å². The molecule has 0 bridgehead atoms. The molecule has 5 nitrogen and oxygen atoms in total. The van der Waals surface area contributed by atoms with Crippen LogP contribution in [0.15, 0.2) is 73.2 Å². The molecule has 0 atom stereocenters. The number of nitrogens with zero attached hydrogens (tertiary/aromatic N) is 3. The summed E-state index contributed by atoms with van der Waals surface area (Å²) in [7, 11) is 0. The monoisotopic (exact) mass is 396 g/mol. The van der Waals surface area contributed by atoms with Crippen molar-refractivity contribution >= 4 is 22.6 Å². The third-order valence-corrected chi connectivity index (χ3v) is 4.37. The van der Waals surface area contributed by atoms with E-state index in [4.69, 9.17) is 0 Å². The van der Waals surface area contributed by atoms with Crippen molar-refractivity contribution in [2.24, 2.45) is 0 Å². The maximum absolute atomic E-state index is 12.9. The zero-order valence-corrected chi connectivity index (χ0v) is 15.0. The Morgan fingerprint density at radius 1 is 1.00 bits per heavy atom. The molecule has 0 unspecified atom stereocenters. The van der Waals surface area contributed by atoms with E-state index in [9.17, 15) is 18.0 Å². The molecule has 8 heteroatoms. The molecule has 2 heterocycles. The van der Waals surface area contributed by atoms with Crippen LogP contribution in [0.1, 0.15) is 5.56 Å². The fourth-order valence-electron chi connectivity index (χ4n) is 3.01. The van der Waals surface area contributed by atoms with Gasteiger partial charge in [0.15, 0.2) is 0 Å². The largest absolute Gasteiger partial charge is 0.416 e. The topological polar surface area (TPSA) is 59.8 Å². The van der Waals surface area contributed by atoms with Crippen LogP contribution < -0.4 is 5.32 Å². The molecule has 0 saturated carbocycles. The Kier molecular flexibility index (Phi) is 4.75. The van der Waals surface area contributed by atoms with Gasteiger partial charge in [-0.05, 0) is 36.4 Å². The van der Waals surface area contributed by atoms with Crippen molar-refractivity contribution in [2.75, 3.05) is 5.32 Å². The molecule has 2 aromatic carbocycles. The lowest BCUT2D eigenvalue weighted by atomic mass is 10.1. The first-order valence-electron chi connectivity index (χ1n) is 8.73. The average Bonchev–Trinajstić information content (AvgIpc) is 3.10. The number of benzene rings is 2. The van der Waals surface area contributed by atoms with Gasteiger partial charge in [0.2, 0.25) is 5.91 Å². The summed E-state index contributed by atoms with van der Waals surface area (Å²) in [5, 5.41) is 2.76. The molecule has 4 aromatic rings. The molecular weight excluding hydrogens is 381 g/mol. The highest BCUT2D eigenvalue weighted by Crippen LogP contribution is 2.31. The van der Waals surface area contributed by atoms with Crippen LogP contribution in [-0.2, 0) is 17.5 Å². The Hall–Kier alpha value is -3.68. The summed E-state index contributed by atoms with van der Waals surface area (Å²) >= 11 is 0. The van der Waals surface area contributed by atoms with E-state index >= 15 is 0 Å². The normalized spacial score (nSPS) is 11.6.